The fourth-order valence-electron chi connectivity index (χ4n) is 2.42. The summed E-state index contributed by atoms with van der Waals surface area (Å²) in [4.78, 5) is 36.8. The van der Waals surface area contributed by atoms with Gasteiger partial charge in [0.05, 0.1) is 12.6 Å². The van der Waals surface area contributed by atoms with E-state index in [4.69, 9.17) is 9.47 Å². The smallest absolute Gasteiger partial charge is 0.408 e. The number of alkyl carbamates (subject to hydrolysis) is 1. The highest BCUT2D eigenvalue weighted by atomic mass is 16.6. The summed E-state index contributed by atoms with van der Waals surface area (Å²) < 4.78 is 10.7. The largest absolute Gasteiger partial charge is 0.444 e. The van der Waals surface area contributed by atoms with E-state index in [1.807, 2.05) is 0 Å². The van der Waals surface area contributed by atoms with Gasteiger partial charge in [0.1, 0.15) is 23.7 Å². The van der Waals surface area contributed by atoms with Crippen LogP contribution in [0.3, 0.4) is 0 Å². The molecule has 1 rings (SSSR count). The molecule has 1 heterocycles. The second kappa shape index (κ2) is 6.64. The zero-order chi connectivity index (χ0) is 17.1. The first-order valence-corrected chi connectivity index (χ1v) is 7.35. The summed E-state index contributed by atoms with van der Waals surface area (Å²) >= 11 is 0. The molecule has 0 saturated carbocycles. The second-order valence-corrected chi connectivity index (χ2v) is 6.94. The third kappa shape index (κ3) is 5.29. The number of carbonyl (C=O) groups excluding carboxylic acids is 3. The lowest BCUT2D eigenvalue weighted by Gasteiger charge is -2.33. The number of hydrogen-bond acceptors (Lipinski definition) is 5. The first-order chi connectivity index (χ1) is 9.92. The van der Waals surface area contributed by atoms with Crippen LogP contribution < -0.4 is 5.32 Å². The Balaban J connectivity index is 2.65. The van der Waals surface area contributed by atoms with Crippen LogP contribution in [-0.4, -0.2) is 53.2 Å². The molecule has 7 heteroatoms. The van der Waals surface area contributed by atoms with E-state index in [0.29, 0.717) is 6.61 Å². The number of hydrogen-bond donors (Lipinski definition) is 1. The van der Waals surface area contributed by atoms with Crippen molar-refractivity contribution in [2.45, 2.75) is 65.3 Å². The predicted octanol–water partition coefficient (Wildman–Crippen LogP) is 1.45. The lowest BCUT2D eigenvalue weighted by Crippen LogP contribution is -2.52. The summed E-state index contributed by atoms with van der Waals surface area (Å²) in [6, 6.07) is -0.305. The molecule has 1 saturated heterocycles. The van der Waals surface area contributed by atoms with E-state index in [-0.39, 0.29) is 30.7 Å². The first-order valence-electron chi connectivity index (χ1n) is 7.35. The Morgan fingerprint density at radius 3 is 2.41 bits per heavy atom. The minimum absolute atomic E-state index is 0.01000. The van der Waals surface area contributed by atoms with Crippen molar-refractivity contribution in [3.63, 3.8) is 0 Å². The van der Waals surface area contributed by atoms with Gasteiger partial charge in [0, 0.05) is 6.42 Å². The topological polar surface area (TPSA) is 84.9 Å². The molecule has 0 radical (unpaired) electrons. The van der Waals surface area contributed by atoms with Crippen molar-refractivity contribution in [1.29, 1.82) is 0 Å². The third-order valence-electron chi connectivity index (χ3n) is 3.15. The minimum atomic E-state index is -0.799. The molecule has 0 aromatic heterocycles. The maximum Gasteiger partial charge on any atom is 0.408 e. The summed E-state index contributed by atoms with van der Waals surface area (Å²) in [6.07, 6.45) is -0.413. The van der Waals surface area contributed by atoms with Gasteiger partial charge in [-0.1, -0.05) is 0 Å². The molecule has 2 amide bonds. The van der Waals surface area contributed by atoms with Crippen molar-refractivity contribution >= 4 is 17.8 Å². The number of nitrogens with one attached hydrogen (secondary N) is 1. The molecule has 22 heavy (non-hydrogen) atoms. The molecule has 126 valence electrons. The summed E-state index contributed by atoms with van der Waals surface area (Å²) in [5.41, 5.74) is -1.42. The van der Waals surface area contributed by atoms with Crippen LogP contribution in [-0.2, 0) is 19.1 Å². The van der Waals surface area contributed by atoms with Gasteiger partial charge in [0.25, 0.3) is 0 Å². The maximum atomic E-state index is 12.4. The fraction of sp³-hybridized carbons (Fsp3) is 0.800. The van der Waals surface area contributed by atoms with Crippen molar-refractivity contribution in [2.24, 2.45) is 0 Å². The van der Waals surface area contributed by atoms with E-state index in [1.54, 1.807) is 34.6 Å². The van der Waals surface area contributed by atoms with Gasteiger partial charge in [-0.2, -0.15) is 0 Å². The summed E-state index contributed by atoms with van der Waals surface area (Å²) in [5, 5.41) is 2.43. The average molecular weight is 314 g/mol. The molecule has 1 aliphatic rings. The molecule has 7 nitrogen and oxygen atoms in total. The van der Waals surface area contributed by atoms with Crippen LogP contribution in [0, 0.1) is 0 Å². The van der Waals surface area contributed by atoms with Crippen LogP contribution in [0.15, 0.2) is 0 Å². The highest BCUT2D eigenvalue weighted by Crippen LogP contribution is 2.29. The van der Waals surface area contributed by atoms with Crippen molar-refractivity contribution in [3.8, 4) is 0 Å². The standard InChI is InChI=1S/C15H26N2O5/c1-10(18)7-11-9-21-15(5,6)17(11)12(19)8-16-13(20)22-14(2,3)4/h11H,7-9H2,1-6H3,(H,16,20)/t11-/m0/s1. The molecule has 0 bridgehead atoms. The molecule has 1 fully saturated rings. The minimum Gasteiger partial charge on any atom is -0.444 e. The number of nitrogens with zero attached hydrogens (tertiary/aromatic N) is 1. The monoisotopic (exact) mass is 314 g/mol. The van der Waals surface area contributed by atoms with Crippen LogP contribution >= 0.6 is 0 Å². The zero-order valence-corrected chi connectivity index (χ0v) is 14.2. The van der Waals surface area contributed by atoms with Crippen molar-refractivity contribution < 1.29 is 23.9 Å². The Hall–Kier alpha value is -1.63. The zero-order valence-electron chi connectivity index (χ0n) is 14.2. The quantitative estimate of drug-likeness (QED) is 0.849. The van der Waals surface area contributed by atoms with Crippen LogP contribution in [0.25, 0.3) is 0 Å². The highest BCUT2D eigenvalue weighted by Gasteiger charge is 2.43. The van der Waals surface area contributed by atoms with Gasteiger partial charge in [-0.3, -0.25) is 9.59 Å². The highest BCUT2D eigenvalue weighted by molar-refractivity contribution is 5.84. The SMILES string of the molecule is CC(=O)C[C@H]1COC(C)(C)N1C(=O)CNC(=O)OC(C)(C)C. The molecule has 1 aliphatic heterocycles. The lowest BCUT2D eigenvalue weighted by molar-refractivity contribution is -0.145. The van der Waals surface area contributed by atoms with Crippen molar-refractivity contribution in [3.05, 3.63) is 0 Å². The van der Waals surface area contributed by atoms with Gasteiger partial charge in [-0.25, -0.2) is 4.79 Å². The van der Waals surface area contributed by atoms with Gasteiger partial charge >= 0.3 is 6.09 Å². The van der Waals surface area contributed by atoms with Crippen LogP contribution in [0.2, 0.25) is 0 Å². The molecule has 1 N–H and O–H groups in total. The summed E-state index contributed by atoms with van der Waals surface area (Å²) in [5.74, 6) is -0.316. The Kier molecular flexibility index (Phi) is 5.56. The first kappa shape index (κ1) is 18.4. The summed E-state index contributed by atoms with van der Waals surface area (Å²) in [7, 11) is 0. The van der Waals surface area contributed by atoms with Crippen LogP contribution in [0.1, 0.15) is 48.0 Å². The molecular formula is C15H26N2O5. The second-order valence-electron chi connectivity index (χ2n) is 6.94. The number of rotatable bonds is 4. The van der Waals surface area contributed by atoms with E-state index < -0.39 is 17.4 Å². The number of Topliss-reactive ketones (excluding diaryl/α,β-unsaturated/α-hetero) is 1. The third-order valence-corrected chi connectivity index (χ3v) is 3.15. The van der Waals surface area contributed by atoms with Gasteiger partial charge in [-0.15, -0.1) is 0 Å². The Bertz CT molecular complexity index is 453. The Labute approximate surface area is 131 Å². The predicted molar refractivity (Wildman–Crippen MR) is 80.2 cm³/mol. The molecule has 0 aromatic carbocycles. The average Bonchev–Trinajstić information content (AvgIpc) is 2.58. The lowest BCUT2D eigenvalue weighted by atomic mass is 10.1. The number of ketones is 1. The number of ether oxygens (including phenoxy) is 2. The van der Waals surface area contributed by atoms with Gasteiger partial charge in [-0.05, 0) is 41.5 Å². The molecule has 0 spiro atoms. The number of amides is 2. The Morgan fingerprint density at radius 2 is 1.91 bits per heavy atom. The van der Waals surface area contributed by atoms with Crippen LogP contribution in [0.5, 0.6) is 0 Å². The number of carbonyl (C=O) groups is 3. The molecule has 0 aromatic rings. The van der Waals surface area contributed by atoms with Crippen molar-refractivity contribution in [2.75, 3.05) is 13.2 Å². The van der Waals surface area contributed by atoms with Gasteiger partial charge < -0.3 is 19.7 Å². The normalized spacial score (nSPS) is 20.6. The van der Waals surface area contributed by atoms with E-state index in [2.05, 4.69) is 5.32 Å². The molecule has 0 unspecified atom stereocenters. The van der Waals surface area contributed by atoms with Crippen molar-refractivity contribution in [1.82, 2.24) is 10.2 Å². The summed E-state index contributed by atoms with van der Waals surface area (Å²) in [6.45, 7) is 10.4. The molecular weight excluding hydrogens is 288 g/mol. The maximum absolute atomic E-state index is 12.4. The van der Waals surface area contributed by atoms with Gasteiger partial charge in [0.15, 0.2) is 0 Å². The fourth-order valence-corrected chi connectivity index (χ4v) is 2.42. The van der Waals surface area contributed by atoms with Gasteiger partial charge in [0.2, 0.25) is 5.91 Å². The van der Waals surface area contributed by atoms with E-state index in [9.17, 15) is 14.4 Å². The van der Waals surface area contributed by atoms with E-state index in [0.717, 1.165) is 0 Å². The van der Waals surface area contributed by atoms with Crippen LogP contribution in [0.4, 0.5) is 4.79 Å². The molecule has 0 aliphatic carbocycles. The Morgan fingerprint density at radius 1 is 1.32 bits per heavy atom. The van der Waals surface area contributed by atoms with E-state index in [1.165, 1.54) is 11.8 Å². The molecule has 1 atom stereocenters. The van der Waals surface area contributed by atoms with E-state index >= 15 is 0 Å².